The van der Waals surface area contributed by atoms with Crippen LogP contribution in [0.15, 0.2) is 54.6 Å². The number of rotatable bonds is 4. The molecule has 2 aromatic rings. The molecule has 4 nitrogen and oxygen atoms in total. The molecule has 3 rings (SSSR count). The molecule has 0 radical (unpaired) electrons. The zero-order valence-electron chi connectivity index (χ0n) is 13.4. The summed E-state index contributed by atoms with van der Waals surface area (Å²) in [7, 11) is 0. The van der Waals surface area contributed by atoms with Crippen LogP contribution in [-0.2, 0) is 20.8 Å². The molecule has 1 unspecified atom stereocenters. The largest absolute Gasteiger partial charge is 0.376 e. The molecule has 1 aliphatic heterocycles. The molecule has 122 valence electrons. The highest BCUT2D eigenvalue weighted by atomic mass is 16.6. The van der Waals surface area contributed by atoms with Crippen molar-refractivity contribution in [3.05, 3.63) is 65.7 Å². The molecule has 1 amide bonds. The zero-order chi connectivity index (χ0) is 16.8. The molecule has 0 N–H and O–H groups in total. The summed E-state index contributed by atoms with van der Waals surface area (Å²) in [5.41, 5.74) is 2.53. The summed E-state index contributed by atoms with van der Waals surface area (Å²) in [6.45, 7) is 1.68. The van der Waals surface area contributed by atoms with Gasteiger partial charge in [-0.15, -0.1) is 6.42 Å². The molecule has 4 heteroatoms. The highest BCUT2D eigenvalue weighted by Crippen LogP contribution is 2.21. The van der Waals surface area contributed by atoms with Crippen LogP contribution in [0.3, 0.4) is 0 Å². The minimum atomic E-state index is -0.586. The smallest absolute Gasteiger partial charge is 0.258 e. The molecule has 0 spiro atoms. The summed E-state index contributed by atoms with van der Waals surface area (Å²) in [6.07, 6.45) is 4.91. The van der Waals surface area contributed by atoms with Gasteiger partial charge in [-0.1, -0.05) is 42.3 Å². The van der Waals surface area contributed by atoms with Crippen molar-refractivity contribution in [3.63, 3.8) is 0 Å². The number of nitrogens with zero attached hydrogens (tertiary/aromatic N) is 1. The van der Waals surface area contributed by atoms with Crippen molar-refractivity contribution in [3.8, 4) is 12.3 Å². The predicted molar refractivity (Wildman–Crippen MR) is 92.6 cm³/mol. The molecule has 0 saturated carbocycles. The normalized spacial score (nSPS) is 17.0. The van der Waals surface area contributed by atoms with Gasteiger partial charge in [0, 0.05) is 11.3 Å². The van der Waals surface area contributed by atoms with Crippen LogP contribution >= 0.6 is 0 Å². The lowest BCUT2D eigenvalue weighted by molar-refractivity contribution is -0.144. The van der Waals surface area contributed by atoms with Crippen molar-refractivity contribution in [2.45, 2.75) is 12.6 Å². The van der Waals surface area contributed by atoms with Crippen LogP contribution in [0.4, 0.5) is 5.69 Å². The van der Waals surface area contributed by atoms with Gasteiger partial charge in [0.05, 0.1) is 26.4 Å². The topological polar surface area (TPSA) is 38.8 Å². The quantitative estimate of drug-likeness (QED) is 0.813. The van der Waals surface area contributed by atoms with Gasteiger partial charge in [-0.2, -0.15) is 0 Å². The first kappa shape index (κ1) is 16.3. The number of anilines is 1. The first-order valence-electron chi connectivity index (χ1n) is 7.89. The Hall–Kier alpha value is -2.61. The summed E-state index contributed by atoms with van der Waals surface area (Å²) in [5, 5.41) is 0. The van der Waals surface area contributed by atoms with Gasteiger partial charge in [-0.05, 0) is 23.8 Å². The van der Waals surface area contributed by atoms with Crippen LogP contribution in [0, 0.1) is 12.3 Å². The summed E-state index contributed by atoms with van der Waals surface area (Å²) < 4.78 is 11.0. The van der Waals surface area contributed by atoms with Crippen LogP contribution in [0.1, 0.15) is 11.1 Å². The van der Waals surface area contributed by atoms with Gasteiger partial charge in [0.2, 0.25) is 0 Å². The summed E-state index contributed by atoms with van der Waals surface area (Å²) in [4.78, 5) is 14.7. The molecule has 1 atom stereocenters. The minimum absolute atomic E-state index is 0.118. The Kier molecular flexibility index (Phi) is 5.27. The third-order valence-corrected chi connectivity index (χ3v) is 3.87. The molecule has 0 aliphatic carbocycles. The van der Waals surface area contributed by atoms with Gasteiger partial charge < -0.3 is 14.4 Å². The fourth-order valence-electron chi connectivity index (χ4n) is 2.63. The van der Waals surface area contributed by atoms with Gasteiger partial charge >= 0.3 is 0 Å². The van der Waals surface area contributed by atoms with Crippen LogP contribution in [0.25, 0.3) is 0 Å². The number of terminal acetylenes is 1. The Bertz CT molecular complexity index is 730. The maximum Gasteiger partial charge on any atom is 0.258 e. The van der Waals surface area contributed by atoms with Crippen LogP contribution in [-0.4, -0.2) is 31.8 Å². The molecule has 1 aliphatic rings. The molecule has 1 heterocycles. The van der Waals surface area contributed by atoms with E-state index in [0.29, 0.717) is 19.8 Å². The van der Waals surface area contributed by atoms with Crippen molar-refractivity contribution in [1.82, 2.24) is 0 Å². The number of carbonyl (C=O) groups excluding carboxylic acids is 1. The van der Waals surface area contributed by atoms with E-state index in [-0.39, 0.29) is 12.5 Å². The summed E-state index contributed by atoms with van der Waals surface area (Å²) in [5.74, 6) is 2.49. The van der Waals surface area contributed by atoms with Crippen LogP contribution < -0.4 is 4.90 Å². The van der Waals surface area contributed by atoms with Gasteiger partial charge in [0.15, 0.2) is 6.10 Å². The Labute approximate surface area is 142 Å². The third-order valence-electron chi connectivity index (χ3n) is 3.87. The van der Waals surface area contributed by atoms with E-state index in [2.05, 4.69) is 5.92 Å². The number of ether oxygens (including phenoxy) is 2. The van der Waals surface area contributed by atoms with Crippen molar-refractivity contribution < 1.29 is 14.3 Å². The molecule has 1 fully saturated rings. The van der Waals surface area contributed by atoms with Gasteiger partial charge in [0.1, 0.15) is 0 Å². The molecule has 24 heavy (non-hydrogen) atoms. The fraction of sp³-hybridized carbons (Fsp3) is 0.250. The Morgan fingerprint density at radius 3 is 2.71 bits per heavy atom. The SMILES string of the molecule is C#Cc1cccc(N(Cc2ccccc2)C(=O)C2COCCO2)c1. The van der Waals surface area contributed by atoms with Gasteiger partial charge in [-0.3, -0.25) is 4.79 Å². The lowest BCUT2D eigenvalue weighted by Crippen LogP contribution is -2.45. The average molecular weight is 321 g/mol. The number of benzene rings is 2. The van der Waals surface area contributed by atoms with Crippen molar-refractivity contribution in [1.29, 1.82) is 0 Å². The van der Waals surface area contributed by atoms with E-state index in [0.717, 1.165) is 16.8 Å². The van der Waals surface area contributed by atoms with E-state index >= 15 is 0 Å². The Morgan fingerprint density at radius 2 is 2.00 bits per heavy atom. The Morgan fingerprint density at radius 1 is 1.17 bits per heavy atom. The maximum absolute atomic E-state index is 13.0. The second-order valence-corrected chi connectivity index (χ2v) is 5.54. The lowest BCUT2D eigenvalue weighted by atomic mass is 10.1. The first-order chi connectivity index (χ1) is 11.8. The van der Waals surface area contributed by atoms with Crippen LogP contribution in [0.5, 0.6) is 0 Å². The van der Waals surface area contributed by atoms with E-state index in [1.807, 2.05) is 54.6 Å². The Balaban J connectivity index is 1.90. The molecular weight excluding hydrogens is 302 g/mol. The van der Waals surface area contributed by atoms with E-state index in [9.17, 15) is 4.79 Å². The summed E-state index contributed by atoms with van der Waals surface area (Å²) in [6, 6.07) is 17.3. The third kappa shape index (κ3) is 3.83. The molecule has 1 saturated heterocycles. The van der Waals surface area contributed by atoms with E-state index in [1.165, 1.54) is 0 Å². The van der Waals surface area contributed by atoms with Gasteiger partial charge in [0.25, 0.3) is 5.91 Å². The fourth-order valence-corrected chi connectivity index (χ4v) is 2.63. The highest BCUT2D eigenvalue weighted by Gasteiger charge is 2.28. The lowest BCUT2D eigenvalue weighted by Gasteiger charge is -2.29. The van der Waals surface area contributed by atoms with E-state index in [1.54, 1.807) is 4.90 Å². The van der Waals surface area contributed by atoms with E-state index < -0.39 is 6.10 Å². The van der Waals surface area contributed by atoms with Crippen molar-refractivity contribution in [2.75, 3.05) is 24.7 Å². The molecular formula is C20H19NO3. The number of carbonyl (C=O) groups is 1. The second kappa shape index (κ2) is 7.78. The van der Waals surface area contributed by atoms with E-state index in [4.69, 9.17) is 15.9 Å². The number of amides is 1. The van der Waals surface area contributed by atoms with Gasteiger partial charge in [-0.25, -0.2) is 0 Å². The van der Waals surface area contributed by atoms with Crippen molar-refractivity contribution >= 4 is 11.6 Å². The molecule has 2 aromatic carbocycles. The first-order valence-corrected chi connectivity index (χ1v) is 7.89. The van der Waals surface area contributed by atoms with Crippen molar-refractivity contribution in [2.24, 2.45) is 0 Å². The average Bonchev–Trinajstić information content (AvgIpc) is 2.67. The number of hydrogen-bond donors (Lipinski definition) is 0. The van der Waals surface area contributed by atoms with Crippen LogP contribution in [0.2, 0.25) is 0 Å². The standard InChI is InChI=1S/C20H19NO3/c1-2-16-9-6-10-18(13-16)21(14-17-7-4-3-5-8-17)20(22)19-15-23-11-12-24-19/h1,3-10,13,19H,11-12,14-15H2. The monoisotopic (exact) mass is 321 g/mol. The number of hydrogen-bond acceptors (Lipinski definition) is 3. The summed E-state index contributed by atoms with van der Waals surface area (Å²) >= 11 is 0. The minimum Gasteiger partial charge on any atom is -0.376 e. The highest BCUT2D eigenvalue weighted by molar-refractivity contribution is 5.96. The molecule has 0 aromatic heterocycles. The predicted octanol–water partition coefficient (Wildman–Crippen LogP) is 2.62. The second-order valence-electron chi connectivity index (χ2n) is 5.54. The zero-order valence-corrected chi connectivity index (χ0v) is 13.4. The molecule has 0 bridgehead atoms. The maximum atomic E-state index is 13.0.